The second kappa shape index (κ2) is 25.7. The van der Waals surface area contributed by atoms with Gasteiger partial charge in [-0.25, -0.2) is 132 Å². The molecule has 0 saturated heterocycles. The Morgan fingerprint density at radius 3 is 0.456 bits per heavy atom. The Balaban J connectivity index is 0.000000256. The highest BCUT2D eigenvalue weighted by molar-refractivity contribution is 8.04. The first-order chi connectivity index (χ1) is 41.9. The molecule has 0 aliphatic carbocycles. The first kappa shape index (κ1) is 69.4. The third kappa shape index (κ3) is 10.9. The van der Waals surface area contributed by atoms with Crippen LogP contribution in [0.4, 0.5) is 132 Å². The standard InChI is InChI=1S/2C28H12BF15S/c2*1-45(2)10(9-6-4-3-5-7-9)8-29(11-14(30)20(36)26(42)21(37)15(11)31,12-16(32)22(38)27(43)23(39)17(12)33)13-18(34)24(40)28(44)25(41)19(13)35/h2*3-8H,1-2H3/b2*10-8+. The molecule has 0 radical (unpaired) electrons. The van der Waals surface area contributed by atoms with Crippen molar-refractivity contribution in [1.29, 1.82) is 0 Å². The average molecular weight is 1350 g/mol. The van der Waals surface area contributed by atoms with Crippen molar-refractivity contribution in [1.82, 2.24) is 0 Å². The quantitative estimate of drug-likeness (QED) is 0.0376. The molecular weight excluding hydrogens is 1330 g/mol. The maximum absolute atomic E-state index is 15.7. The summed E-state index contributed by atoms with van der Waals surface area (Å²) in [4.78, 5) is -1.13. The summed E-state index contributed by atoms with van der Waals surface area (Å²) >= 11 is 0. The van der Waals surface area contributed by atoms with Crippen molar-refractivity contribution in [2.75, 3.05) is 25.0 Å². The molecule has 0 N–H and O–H groups in total. The molecule has 476 valence electrons. The van der Waals surface area contributed by atoms with Crippen molar-refractivity contribution < 1.29 is 132 Å². The normalized spacial score (nSPS) is 12.4. The monoisotopic (exact) mass is 1350 g/mol. The van der Waals surface area contributed by atoms with Crippen LogP contribution < -0.4 is 32.8 Å². The Hall–Kier alpha value is -8.03. The fourth-order valence-corrected chi connectivity index (χ4v) is 12.3. The zero-order valence-electron chi connectivity index (χ0n) is 44.2. The molecule has 34 heteroatoms. The second-order valence-electron chi connectivity index (χ2n) is 19.2. The molecule has 8 rings (SSSR count). The van der Waals surface area contributed by atoms with Crippen LogP contribution in [-0.4, -0.2) is 37.3 Å². The van der Waals surface area contributed by atoms with Crippen molar-refractivity contribution in [2.45, 2.75) is 0 Å². The van der Waals surface area contributed by atoms with E-state index in [1.54, 1.807) is 0 Å². The van der Waals surface area contributed by atoms with Gasteiger partial charge in [-0.1, -0.05) is 60.7 Å². The van der Waals surface area contributed by atoms with Gasteiger partial charge in [0.05, 0.1) is 0 Å². The lowest BCUT2D eigenvalue weighted by atomic mass is 9.15. The highest BCUT2D eigenvalue weighted by Gasteiger charge is 2.50. The smallest absolute Gasteiger partial charge is 0.200 e. The minimum atomic E-state index is -5.78. The van der Waals surface area contributed by atoms with Crippen LogP contribution >= 0.6 is 0 Å². The van der Waals surface area contributed by atoms with Crippen LogP contribution in [0.1, 0.15) is 11.1 Å². The number of rotatable bonds is 12. The Morgan fingerprint density at radius 1 is 0.211 bits per heavy atom. The lowest BCUT2D eigenvalue weighted by Crippen LogP contribution is -2.72. The number of hydrogen-bond acceptors (Lipinski definition) is 0. The van der Waals surface area contributed by atoms with Crippen LogP contribution in [0, 0.1) is 175 Å². The fraction of sp³-hybridized carbons (Fsp3) is 0.0714. The Bertz CT molecular complexity index is 3540. The summed E-state index contributed by atoms with van der Waals surface area (Å²) in [6, 6.07) is 12.3. The van der Waals surface area contributed by atoms with E-state index >= 15 is 52.7 Å². The molecule has 0 heterocycles. The van der Waals surface area contributed by atoms with Crippen LogP contribution in [0.5, 0.6) is 0 Å². The molecule has 0 amide bonds. The minimum Gasteiger partial charge on any atom is -0.207 e. The van der Waals surface area contributed by atoms with E-state index < -0.39 is 251 Å². The van der Waals surface area contributed by atoms with Gasteiger partial charge in [-0.3, -0.25) is 0 Å². The van der Waals surface area contributed by atoms with Crippen molar-refractivity contribution >= 4 is 76.7 Å². The predicted octanol–water partition coefficient (Wildman–Crippen LogP) is 13.4. The summed E-state index contributed by atoms with van der Waals surface area (Å²) in [5.74, 6) is -90.9. The Kier molecular flexibility index (Phi) is 19.8. The van der Waals surface area contributed by atoms with Crippen molar-refractivity contribution in [2.24, 2.45) is 0 Å². The minimum absolute atomic E-state index is 0.00667. The van der Waals surface area contributed by atoms with E-state index in [4.69, 9.17) is 0 Å². The number of benzene rings is 8. The zero-order chi connectivity index (χ0) is 67.7. The van der Waals surface area contributed by atoms with Crippen molar-refractivity contribution in [3.8, 4) is 0 Å². The first-order valence-corrected chi connectivity index (χ1v) is 28.1. The van der Waals surface area contributed by atoms with Gasteiger partial charge in [0.25, 0.3) is 0 Å². The molecule has 0 saturated carbocycles. The van der Waals surface area contributed by atoms with Crippen LogP contribution in [0.2, 0.25) is 0 Å². The van der Waals surface area contributed by atoms with Gasteiger partial charge >= 0.3 is 0 Å². The second-order valence-corrected chi connectivity index (χ2v) is 23.3. The molecule has 0 nitrogen and oxygen atoms in total. The number of hydrogen-bond donors (Lipinski definition) is 0. The molecule has 8 aromatic rings. The number of halogens is 30. The Labute approximate surface area is 490 Å². The third-order valence-corrected chi connectivity index (χ3v) is 16.5. The SMILES string of the molecule is C[S+](C)/C(=C/[B-](c1c(F)c(F)c(F)c(F)c1F)(c1c(F)c(F)c(F)c(F)c1F)c1c(F)c(F)c(F)c(F)c1F)c1ccccc1.C[S+](C)/C(=C/[B-](c1c(F)c(F)c(F)c(F)c1F)(c1c(F)c(F)c(F)c(F)c1F)c1c(F)c(F)c(F)c(F)c1F)c1ccccc1. The van der Waals surface area contributed by atoms with Gasteiger partial charge in [-0.15, -0.1) is 32.8 Å². The average Bonchev–Trinajstić information content (AvgIpc) is 0.706. The van der Waals surface area contributed by atoms with Crippen molar-refractivity contribution in [3.63, 3.8) is 0 Å². The molecule has 8 aromatic carbocycles. The van der Waals surface area contributed by atoms with Crippen molar-refractivity contribution in [3.05, 3.63) is 258 Å². The van der Waals surface area contributed by atoms with Crippen LogP contribution in [0.25, 0.3) is 9.81 Å². The van der Waals surface area contributed by atoms with E-state index in [1.165, 1.54) is 61.4 Å². The molecule has 0 atom stereocenters. The van der Waals surface area contributed by atoms with Gasteiger partial charge in [0.15, 0.2) is 105 Å². The van der Waals surface area contributed by atoms with Crippen LogP contribution in [-0.2, 0) is 21.8 Å². The summed E-state index contributed by atoms with van der Waals surface area (Å²) in [6.45, 7) is 0. The fourth-order valence-electron chi connectivity index (χ4n) is 10.1. The molecule has 0 unspecified atom stereocenters. The maximum atomic E-state index is 15.7. The lowest BCUT2D eigenvalue weighted by Gasteiger charge is -2.41. The highest BCUT2D eigenvalue weighted by atomic mass is 32.2. The zero-order valence-corrected chi connectivity index (χ0v) is 45.9. The Morgan fingerprint density at radius 2 is 0.333 bits per heavy atom. The van der Waals surface area contributed by atoms with Gasteiger partial charge in [0.2, 0.25) is 0 Å². The molecule has 0 aliphatic rings. The molecule has 0 aromatic heterocycles. The van der Waals surface area contributed by atoms with E-state index in [0.717, 1.165) is 24.3 Å². The summed E-state index contributed by atoms with van der Waals surface area (Å²) in [7, 11) is -3.00. The summed E-state index contributed by atoms with van der Waals surface area (Å²) in [6.07, 6.45) is -6.69. The van der Waals surface area contributed by atoms with Gasteiger partial charge in [-0.2, -0.15) is 12.0 Å². The molecule has 0 bridgehead atoms. The molecule has 0 spiro atoms. The molecular formula is C56H24B2F30S2. The highest BCUT2D eigenvalue weighted by Crippen LogP contribution is 2.35. The topological polar surface area (TPSA) is 0 Å². The van der Waals surface area contributed by atoms with Crippen LogP contribution in [0.3, 0.4) is 0 Å². The van der Waals surface area contributed by atoms with E-state index in [0.29, 0.717) is 0 Å². The first-order valence-electron chi connectivity index (χ1n) is 24.0. The maximum Gasteiger partial charge on any atom is 0.200 e. The summed E-state index contributed by atoms with van der Waals surface area (Å²) < 4.78 is 449. The predicted molar refractivity (Wildman–Crippen MR) is 274 cm³/mol. The lowest BCUT2D eigenvalue weighted by molar-refractivity contribution is 0.379. The van der Waals surface area contributed by atoms with E-state index in [2.05, 4.69) is 0 Å². The van der Waals surface area contributed by atoms with Gasteiger partial charge in [0, 0.05) is 32.9 Å². The van der Waals surface area contributed by atoms with Gasteiger partial charge in [0.1, 0.15) is 117 Å². The van der Waals surface area contributed by atoms with Crippen LogP contribution in [0.15, 0.2) is 72.6 Å². The van der Waals surface area contributed by atoms with Gasteiger partial charge < -0.3 is 0 Å². The third-order valence-electron chi connectivity index (χ3n) is 14.0. The van der Waals surface area contributed by atoms with E-state index in [-0.39, 0.29) is 23.1 Å². The molecule has 0 fully saturated rings. The molecule has 90 heavy (non-hydrogen) atoms. The summed E-state index contributed by atoms with van der Waals surface area (Å²) in [5.41, 5.74) is -16.4. The molecule has 0 aliphatic heterocycles. The largest absolute Gasteiger partial charge is 0.207 e. The van der Waals surface area contributed by atoms with E-state index in [1.807, 2.05) is 0 Å². The summed E-state index contributed by atoms with van der Waals surface area (Å²) in [5, 5.41) is 0. The van der Waals surface area contributed by atoms with E-state index in [9.17, 15) is 79.0 Å². The van der Waals surface area contributed by atoms with Gasteiger partial charge in [-0.05, 0) is 0 Å².